The lowest BCUT2D eigenvalue weighted by Gasteiger charge is -2.11. The van der Waals surface area contributed by atoms with Gasteiger partial charge in [-0.1, -0.05) is 25.1 Å². The third-order valence-electron chi connectivity index (χ3n) is 4.80. The molecule has 0 spiro atoms. The molecule has 3 aromatic rings. The summed E-state index contributed by atoms with van der Waals surface area (Å²) in [6.45, 7) is 2.57. The molecule has 0 saturated carbocycles. The molecule has 30 heavy (non-hydrogen) atoms. The lowest BCUT2D eigenvalue weighted by molar-refractivity contribution is -0.132. The average molecular weight is 425 g/mol. The number of benzene rings is 1. The van der Waals surface area contributed by atoms with E-state index in [9.17, 15) is 14.7 Å². The Kier molecular flexibility index (Phi) is 7.19. The number of carbonyl (C=O) groups is 2. The summed E-state index contributed by atoms with van der Waals surface area (Å²) < 4.78 is 2.01. The van der Waals surface area contributed by atoms with E-state index in [1.807, 2.05) is 22.1 Å². The smallest absolute Gasteiger partial charge is 0.335 e. The van der Waals surface area contributed by atoms with Gasteiger partial charge >= 0.3 is 11.9 Å². The first-order chi connectivity index (χ1) is 14.5. The standard InChI is InChI=1S/C23H24N2O4S/c1-2-4-21-24-14-19(13-18(23(28)29)10-11-20-5-3-12-30-20)25(21)15-16-6-8-17(9-7-16)22(26)27/h3,5-9,12-14H,2,4,10-11,15H2,1H3,(H,26,27)(H,28,29)/b18-13+. The molecule has 0 aliphatic carbocycles. The number of aryl methyl sites for hydroxylation is 2. The van der Waals surface area contributed by atoms with Crippen LogP contribution in [-0.4, -0.2) is 31.7 Å². The molecule has 0 bridgehead atoms. The summed E-state index contributed by atoms with van der Waals surface area (Å²) in [4.78, 5) is 28.6. The van der Waals surface area contributed by atoms with Gasteiger partial charge in [0.15, 0.2) is 0 Å². The Balaban J connectivity index is 1.88. The molecular weight excluding hydrogens is 400 g/mol. The number of imidazole rings is 1. The SMILES string of the molecule is CCCc1ncc(/C=C(\CCc2cccs2)C(=O)O)n1Cc1ccc(C(=O)O)cc1. The molecule has 6 nitrogen and oxygen atoms in total. The average Bonchev–Trinajstić information content (AvgIpc) is 3.36. The van der Waals surface area contributed by atoms with E-state index in [2.05, 4.69) is 11.9 Å². The highest BCUT2D eigenvalue weighted by molar-refractivity contribution is 7.09. The second-order valence-corrected chi connectivity index (χ2v) is 8.02. The molecule has 3 rings (SSSR count). The third-order valence-corrected chi connectivity index (χ3v) is 5.74. The first-order valence-corrected chi connectivity index (χ1v) is 10.7. The lowest BCUT2D eigenvalue weighted by Crippen LogP contribution is -2.09. The minimum Gasteiger partial charge on any atom is -0.478 e. The number of carboxylic acids is 2. The zero-order chi connectivity index (χ0) is 21.5. The summed E-state index contributed by atoms with van der Waals surface area (Å²) in [5, 5.41) is 20.8. The van der Waals surface area contributed by atoms with Crippen LogP contribution in [0.5, 0.6) is 0 Å². The van der Waals surface area contributed by atoms with Gasteiger partial charge in [0.25, 0.3) is 0 Å². The van der Waals surface area contributed by atoms with E-state index < -0.39 is 11.9 Å². The van der Waals surface area contributed by atoms with Gasteiger partial charge < -0.3 is 14.8 Å². The number of aliphatic carboxylic acids is 1. The van der Waals surface area contributed by atoms with Crippen molar-refractivity contribution in [1.82, 2.24) is 9.55 Å². The van der Waals surface area contributed by atoms with Crippen LogP contribution in [0.25, 0.3) is 6.08 Å². The van der Waals surface area contributed by atoms with Crippen molar-refractivity contribution in [2.75, 3.05) is 0 Å². The van der Waals surface area contributed by atoms with E-state index in [1.165, 1.54) is 0 Å². The summed E-state index contributed by atoms with van der Waals surface area (Å²) in [6.07, 6.45) is 6.24. The maximum absolute atomic E-state index is 11.8. The van der Waals surface area contributed by atoms with E-state index >= 15 is 0 Å². The van der Waals surface area contributed by atoms with E-state index in [-0.39, 0.29) is 5.56 Å². The third kappa shape index (κ3) is 5.45. The summed E-state index contributed by atoms with van der Waals surface area (Å²) in [5.74, 6) is -1.01. The van der Waals surface area contributed by atoms with Gasteiger partial charge in [-0.2, -0.15) is 0 Å². The van der Waals surface area contributed by atoms with Crippen molar-refractivity contribution in [2.45, 2.75) is 39.2 Å². The number of nitrogens with zero attached hydrogens (tertiary/aromatic N) is 2. The van der Waals surface area contributed by atoms with Crippen LogP contribution in [0, 0.1) is 0 Å². The van der Waals surface area contributed by atoms with E-state index in [1.54, 1.807) is 47.9 Å². The van der Waals surface area contributed by atoms with Crippen LogP contribution in [0.2, 0.25) is 0 Å². The number of thiophene rings is 1. The molecule has 0 fully saturated rings. The van der Waals surface area contributed by atoms with Crippen LogP contribution >= 0.6 is 11.3 Å². The molecule has 2 aromatic heterocycles. The van der Waals surface area contributed by atoms with Gasteiger partial charge in [0.1, 0.15) is 5.82 Å². The number of carboxylic acid groups (broad SMARTS) is 2. The Bertz CT molecular complexity index is 1030. The number of hydrogen-bond acceptors (Lipinski definition) is 4. The van der Waals surface area contributed by atoms with Crippen LogP contribution in [0.3, 0.4) is 0 Å². The Morgan fingerprint density at radius 2 is 1.90 bits per heavy atom. The molecular formula is C23H24N2O4S. The molecule has 156 valence electrons. The van der Waals surface area contributed by atoms with Crippen molar-refractivity contribution in [2.24, 2.45) is 0 Å². The maximum atomic E-state index is 11.8. The van der Waals surface area contributed by atoms with Gasteiger partial charge in [-0.25, -0.2) is 14.6 Å². The van der Waals surface area contributed by atoms with Gasteiger partial charge in [0, 0.05) is 23.4 Å². The summed E-state index contributed by atoms with van der Waals surface area (Å²) >= 11 is 1.62. The van der Waals surface area contributed by atoms with Crippen molar-refractivity contribution in [3.63, 3.8) is 0 Å². The highest BCUT2D eigenvalue weighted by Gasteiger charge is 2.14. The fraction of sp³-hybridized carbons (Fsp3) is 0.261. The Labute approximate surface area is 179 Å². The zero-order valence-electron chi connectivity index (χ0n) is 16.7. The van der Waals surface area contributed by atoms with E-state index in [4.69, 9.17) is 5.11 Å². The molecule has 7 heteroatoms. The highest BCUT2D eigenvalue weighted by Crippen LogP contribution is 2.19. The molecule has 0 aliphatic rings. The molecule has 0 amide bonds. The van der Waals surface area contributed by atoms with E-state index in [0.717, 1.165) is 34.8 Å². The fourth-order valence-electron chi connectivity index (χ4n) is 3.22. The minimum atomic E-state index is -0.962. The van der Waals surface area contributed by atoms with Crippen molar-refractivity contribution in [3.05, 3.63) is 81.1 Å². The van der Waals surface area contributed by atoms with Crippen LogP contribution in [0.4, 0.5) is 0 Å². The topological polar surface area (TPSA) is 92.4 Å². The van der Waals surface area contributed by atoms with Gasteiger partial charge in [0.2, 0.25) is 0 Å². The first-order valence-electron chi connectivity index (χ1n) is 9.80. The van der Waals surface area contributed by atoms with Crippen LogP contribution in [0.15, 0.2) is 53.5 Å². The number of rotatable bonds is 10. The predicted octanol–water partition coefficient (Wildman–Crippen LogP) is 4.74. The number of hydrogen-bond donors (Lipinski definition) is 2. The summed E-state index contributed by atoms with van der Waals surface area (Å²) in [5.41, 5.74) is 2.25. The normalized spacial score (nSPS) is 11.6. The first kappa shape index (κ1) is 21.5. The second-order valence-electron chi connectivity index (χ2n) is 6.99. The predicted molar refractivity (Wildman–Crippen MR) is 117 cm³/mol. The highest BCUT2D eigenvalue weighted by atomic mass is 32.1. The largest absolute Gasteiger partial charge is 0.478 e. The summed E-state index contributed by atoms with van der Waals surface area (Å²) in [7, 11) is 0. The minimum absolute atomic E-state index is 0.236. The molecule has 2 heterocycles. The van der Waals surface area contributed by atoms with Crippen LogP contribution in [-0.2, 0) is 24.2 Å². The molecule has 1 aromatic carbocycles. The van der Waals surface area contributed by atoms with Gasteiger partial charge in [0.05, 0.1) is 17.5 Å². The maximum Gasteiger partial charge on any atom is 0.335 e. The van der Waals surface area contributed by atoms with Crippen molar-refractivity contribution >= 4 is 29.4 Å². The second kappa shape index (κ2) is 10.0. The Morgan fingerprint density at radius 1 is 1.13 bits per heavy atom. The molecule has 0 atom stereocenters. The van der Waals surface area contributed by atoms with Crippen LogP contribution < -0.4 is 0 Å². The molecule has 0 radical (unpaired) electrons. The molecule has 0 unspecified atom stereocenters. The van der Waals surface area contributed by atoms with Crippen molar-refractivity contribution in [3.8, 4) is 0 Å². The van der Waals surface area contributed by atoms with Gasteiger partial charge in [-0.15, -0.1) is 11.3 Å². The van der Waals surface area contributed by atoms with Crippen LogP contribution in [0.1, 0.15) is 52.1 Å². The quantitative estimate of drug-likeness (QED) is 0.459. The van der Waals surface area contributed by atoms with Gasteiger partial charge in [-0.05, 0) is 54.5 Å². The number of aromatic carboxylic acids is 1. The Morgan fingerprint density at radius 3 is 2.50 bits per heavy atom. The molecule has 0 aliphatic heterocycles. The molecule has 2 N–H and O–H groups in total. The van der Waals surface area contributed by atoms with Crippen molar-refractivity contribution in [1.29, 1.82) is 0 Å². The zero-order valence-corrected chi connectivity index (χ0v) is 17.6. The summed E-state index contributed by atoms with van der Waals surface area (Å²) in [6, 6.07) is 10.7. The van der Waals surface area contributed by atoms with Gasteiger partial charge in [-0.3, -0.25) is 0 Å². The fourth-order valence-corrected chi connectivity index (χ4v) is 3.93. The molecule has 0 saturated heterocycles. The Hall–Kier alpha value is -3.19. The van der Waals surface area contributed by atoms with Crippen molar-refractivity contribution < 1.29 is 19.8 Å². The number of aromatic nitrogens is 2. The van der Waals surface area contributed by atoms with E-state index in [0.29, 0.717) is 25.0 Å². The lowest BCUT2D eigenvalue weighted by atomic mass is 10.1. The monoisotopic (exact) mass is 424 g/mol.